The Morgan fingerprint density at radius 2 is 2.04 bits per heavy atom. The Morgan fingerprint density at radius 1 is 1.20 bits per heavy atom. The number of aromatic nitrogens is 2. The van der Waals surface area contributed by atoms with Crippen molar-refractivity contribution >= 4 is 23.6 Å². The molecule has 1 aromatic carbocycles. The zero-order chi connectivity index (χ0) is 17.4. The minimum absolute atomic E-state index is 0.110. The molecule has 3 aromatic rings. The maximum Gasteiger partial charge on any atom is 0.256 e. The van der Waals surface area contributed by atoms with E-state index in [0.717, 1.165) is 40.5 Å². The monoisotopic (exact) mass is 373 g/mol. The van der Waals surface area contributed by atoms with Gasteiger partial charge in [-0.2, -0.15) is 0 Å². The fourth-order valence-corrected chi connectivity index (χ4v) is 4.43. The van der Waals surface area contributed by atoms with Gasteiger partial charge in [-0.15, -0.1) is 11.3 Å². The number of hydrogen-bond donors (Lipinski definition) is 2. The summed E-state index contributed by atoms with van der Waals surface area (Å²) in [7, 11) is 0. The Hall–Kier alpha value is -2.09. The average molecular weight is 373 g/mol. The highest BCUT2D eigenvalue weighted by atomic mass is 32.1. The van der Waals surface area contributed by atoms with Crippen LogP contribution in [0.5, 0.6) is 0 Å². The topological polar surface area (TPSA) is 51.9 Å². The molecule has 0 amide bonds. The number of rotatable bonds is 3. The van der Waals surface area contributed by atoms with Crippen LogP contribution in [0.25, 0.3) is 10.4 Å². The van der Waals surface area contributed by atoms with Gasteiger partial charge in [-0.1, -0.05) is 18.2 Å². The highest BCUT2D eigenvalue weighted by molar-refractivity contribution is 7.71. The molecule has 25 heavy (non-hydrogen) atoms. The van der Waals surface area contributed by atoms with Crippen molar-refractivity contribution in [1.29, 1.82) is 0 Å². The van der Waals surface area contributed by atoms with Gasteiger partial charge in [0.25, 0.3) is 5.56 Å². The first kappa shape index (κ1) is 16.4. The third-order valence-electron chi connectivity index (χ3n) is 4.37. The van der Waals surface area contributed by atoms with E-state index < -0.39 is 0 Å². The van der Waals surface area contributed by atoms with Gasteiger partial charge in [0.1, 0.15) is 5.82 Å². The van der Waals surface area contributed by atoms with E-state index in [0.29, 0.717) is 16.9 Å². The quantitative estimate of drug-likeness (QED) is 0.686. The minimum Gasteiger partial charge on any atom is -0.335 e. The Labute approximate surface area is 153 Å². The van der Waals surface area contributed by atoms with E-state index in [4.69, 9.17) is 12.2 Å². The van der Waals surface area contributed by atoms with Crippen LogP contribution in [0, 0.1) is 10.6 Å². The second kappa shape index (κ2) is 6.67. The highest BCUT2D eigenvalue weighted by Crippen LogP contribution is 2.31. The second-order valence-electron chi connectivity index (χ2n) is 6.07. The standard InChI is InChI=1S/C18H16FN3OS2/c19-14-4-2-1-3-12(14)16-6-5-11(25-16)9-22-8-7-15-13(10-22)17(23)21-18(24)20-15/h1-6H,7-10H2,(H2,20,21,23,24). The van der Waals surface area contributed by atoms with Gasteiger partial charge in [-0.25, -0.2) is 4.39 Å². The van der Waals surface area contributed by atoms with Crippen molar-refractivity contribution in [1.82, 2.24) is 14.9 Å². The van der Waals surface area contributed by atoms with E-state index in [1.54, 1.807) is 23.5 Å². The first-order chi connectivity index (χ1) is 12.1. The van der Waals surface area contributed by atoms with Crippen LogP contribution in [0.4, 0.5) is 4.39 Å². The maximum absolute atomic E-state index is 13.9. The predicted molar refractivity (Wildman–Crippen MR) is 99.8 cm³/mol. The third kappa shape index (κ3) is 3.35. The summed E-state index contributed by atoms with van der Waals surface area (Å²) in [6, 6.07) is 10.8. The lowest BCUT2D eigenvalue weighted by Crippen LogP contribution is -2.35. The molecule has 0 saturated heterocycles. The largest absolute Gasteiger partial charge is 0.335 e. The van der Waals surface area contributed by atoms with Gasteiger partial charge in [-0.05, 0) is 30.4 Å². The number of H-pyrrole nitrogens is 2. The highest BCUT2D eigenvalue weighted by Gasteiger charge is 2.20. The number of hydrogen-bond acceptors (Lipinski definition) is 4. The van der Waals surface area contributed by atoms with Crippen molar-refractivity contribution in [3.05, 3.63) is 73.5 Å². The Bertz CT molecular complexity index is 1040. The number of thiophene rings is 1. The molecule has 0 unspecified atom stereocenters. The van der Waals surface area contributed by atoms with Crippen molar-refractivity contribution in [2.45, 2.75) is 19.5 Å². The summed E-state index contributed by atoms with van der Waals surface area (Å²) in [5, 5.41) is 0. The SMILES string of the molecule is O=c1[nH]c(=S)[nH]c2c1CN(Cc1ccc(-c3ccccc3F)s1)CC2. The summed E-state index contributed by atoms with van der Waals surface area (Å²) in [6.07, 6.45) is 0.772. The van der Waals surface area contributed by atoms with Crippen molar-refractivity contribution in [3.63, 3.8) is 0 Å². The Morgan fingerprint density at radius 3 is 2.88 bits per heavy atom. The fourth-order valence-electron chi connectivity index (χ4n) is 3.14. The van der Waals surface area contributed by atoms with Crippen LogP contribution in [0.3, 0.4) is 0 Å². The molecule has 4 rings (SSSR count). The number of benzene rings is 1. The summed E-state index contributed by atoms with van der Waals surface area (Å²) in [5.41, 5.74) is 2.21. The van der Waals surface area contributed by atoms with E-state index in [1.165, 1.54) is 6.07 Å². The van der Waals surface area contributed by atoms with Crippen molar-refractivity contribution in [3.8, 4) is 10.4 Å². The second-order valence-corrected chi connectivity index (χ2v) is 7.65. The van der Waals surface area contributed by atoms with E-state index in [1.807, 2.05) is 18.2 Å². The van der Waals surface area contributed by atoms with Gasteiger partial charge >= 0.3 is 0 Å². The number of fused-ring (bicyclic) bond motifs is 1. The van der Waals surface area contributed by atoms with E-state index in [9.17, 15) is 9.18 Å². The molecule has 0 bridgehead atoms. The Balaban J connectivity index is 1.53. The van der Waals surface area contributed by atoms with Gasteiger partial charge in [0.2, 0.25) is 0 Å². The molecular weight excluding hydrogens is 357 g/mol. The molecule has 0 radical (unpaired) electrons. The van der Waals surface area contributed by atoms with Crippen LogP contribution < -0.4 is 5.56 Å². The molecule has 0 spiro atoms. The molecule has 128 valence electrons. The van der Waals surface area contributed by atoms with Crippen LogP contribution in [0.2, 0.25) is 0 Å². The van der Waals surface area contributed by atoms with E-state index in [2.05, 4.69) is 14.9 Å². The first-order valence-electron chi connectivity index (χ1n) is 8.00. The molecule has 2 N–H and O–H groups in total. The van der Waals surface area contributed by atoms with E-state index in [-0.39, 0.29) is 11.4 Å². The van der Waals surface area contributed by atoms with Gasteiger partial charge < -0.3 is 4.98 Å². The van der Waals surface area contributed by atoms with Crippen molar-refractivity contribution in [2.24, 2.45) is 0 Å². The smallest absolute Gasteiger partial charge is 0.256 e. The normalized spacial score (nSPS) is 14.4. The van der Waals surface area contributed by atoms with Crippen molar-refractivity contribution in [2.75, 3.05) is 6.54 Å². The molecule has 1 aliphatic heterocycles. The molecule has 0 aliphatic carbocycles. The molecule has 4 nitrogen and oxygen atoms in total. The fraction of sp³-hybridized carbons (Fsp3) is 0.222. The summed E-state index contributed by atoms with van der Waals surface area (Å²) in [4.78, 5) is 22.1. The molecule has 3 heterocycles. The van der Waals surface area contributed by atoms with Crippen LogP contribution in [-0.4, -0.2) is 21.4 Å². The molecule has 1 aliphatic rings. The molecule has 0 atom stereocenters. The van der Waals surface area contributed by atoms with Gasteiger partial charge in [0.15, 0.2) is 4.77 Å². The van der Waals surface area contributed by atoms with Crippen molar-refractivity contribution < 1.29 is 4.39 Å². The zero-order valence-electron chi connectivity index (χ0n) is 13.3. The summed E-state index contributed by atoms with van der Waals surface area (Å²) < 4.78 is 14.3. The number of nitrogens with zero attached hydrogens (tertiary/aromatic N) is 1. The van der Waals surface area contributed by atoms with Gasteiger partial charge in [0.05, 0.1) is 5.56 Å². The lowest BCUT2D eigenvalue weighted by Gasteiger charge is -2.27. The first-order valence-corrected chi connectivity index (χ1v) is 9.23. The summed E-state index contributed by atoms with van der Waals surface area (Å²) in [5.74, 6) is -0.204. The number of aromatic amines is 2. The Kier molecular flexibility index (Phi) is 4.37. The van der Waals surface area contributed by atoms with Crippen LogP contribution in [0.15, 0.2) is 41.2 Å². The van der Waals surface area contributed by atoms with Crippen LogP contribution >= 0.6 is 23.6 Å². The number of halogens is 1. The lowest BCUT2D eigenvalue weighted by molar-refractivity contribution is 0.243. The molecular formula is C18H16FN3OS2. The van der Waals surface area contributed by atoms with Gasteiger partial charge in [0, 0.05) is 47.1 Å². The molecule has 7 heteroatoms. The minimum atomic E-state index is -0.204. The molecule has 0 fully saturated rings. The van der Waals surface area contributed by atoms with E-state index >= 15 is 0 Å². The predicted octanol–water partition coefficient (Wildman–Crippen LogP) is 3.86. The third-order valence-corrected chi connectivity index (χ3v) is 5.68. The molecule has 0 saturated carbocycles. The average Bonchev–Trinajstić information content (AvgIpc) is 3.04. The maximum atomic E-state index is 13.9. The summed E-state index contributed by atoms with van der Waals surface area (Å²) in [6.45, 7) is 2.19. The molecule has 2 aromatic heterocycles. The van der Waals surface area contributed by atoms with Gasteiger partial charge in [-0.3, -0.25) is 14.7 Å². The number of nitrogens with one attached hydrogen (secondary N) is 2. The summed E-state index contributed by atoms with van der Waals surface area (Å²) >= 11 is 6.62. The zero-order valence-corrected chi connectivity index (χ0v) is 15.0. The van der Waals surface area contributed by atoms with Crippen LogP contribution in [0.1, 0.15) is 16.1 Å². The van der Waals surface area contributed by atoms with Crippen LogP contribution in [-0.2, 0) is 19.5 Å². The lowest BCUT2D eigenvalue weighted by atomic mass is 10.1.